The molecule has 1 aromatic rings. The van der Waals surface area contributed by atoms with Crippen molar-refractivity contribution < 1.29 is 9.90 Å². The Morgan fingerprint density at radius 3 is 3.18 bits per heavy atom. The summed E-state index contributed by atoms with van der Waals surface area (Å²) in [5.41, 5.74) is 0.950. The van der Waals surface area contributed by atoms with E-state index in [2.05, 4.69) is 15.5 Å². The fourth-order valence-corrected chi connectivity index (χ4v) is 0.688. The lowest BCUT2D eigenvalue weighted by Crippen LogP contribution is -2.21. The van der Waals surface area contributed by atoms with Gasteiger partial charge < -0.3 is 10.4 Å². The number of hydrogen-bond donors (Lipinski definition) is 3. The molecular weight excluding hydrogens is 146 g/mol. The molecule has 0 unspecified atom stereocenters. The van der Waals surface area contributed by atoms with Crippen molar-refractivity contribution >= 4 is 5.97 Å². The van der Waals surface area contributed by atoms with E-state index < -0.39 is 5.97 Å². The van der Waals surface area contributed by atoms with Gasteiger partial charge in [0.1, 0.15) is 0 Å². The molecule has 0 bridgehead atoms. The fraction of sp³-hybridized carbons (Fsp3) is 0.333. The molecule has 0 fully saturated rings. The zero-order valence-electron chi connectivity index (χ0n) is 5.87. The summed E-state index contributed by atoms with van der Waals surface area (Å²) < 4.78 is 0. The van der Waals surface area contributed by atoms with Gasteiger partial charge in [-0.3, -0.25) is 9.89 Å². The zero-order chi connectivity index (χ0) is 8.10. The lowest BCUT2D eigenvalue weighted by molar-refractivity contribution is -0.135. The minimum atomic E-state index is -0.853. The Balaban J connectivity index is 2.19. The number of nitrogens with one attached hydrogen (secondary N) is 2. The molecule has 0 aromatic carbocycles. The van der Waals surface area contributed by atoms with Crippen LogP contribution in [0, 0.1) is 0 Å². The molecule has 3 N–H and O–H groups in total. The van der Waals surface area contributed by atoms with E-state index in [4.69, 9.17) is 5.11 Å². The Morgan fingerprint density at radius 1 is 1.82 bits per heavy atom. The molecule has 5 nitrogen and oxygen atoms in total. The molecule has 0 aliphatic heterocycles. The SMILES string of the molecule is O=C(O)CNCc1cn[nH]c1. The first-order valence-electron chi connectivity index (χ1n) is 3.19. The van der Waals surface area contributed by atoms with E-state index in [-0.39, 0.29) is 6.54 Å². The molecule has 0 aliphatic rings. The molecule has 60 valence electrons. The van der Waals surface area contributed by atoms with Crippen LogP contribution in [0.25, 0.3) is 0 Å². The van der Waals surface area contributed by atoms with Crippen LogP contribution in [0.5, 0.6) is 0 Å². The van der Waals surface area contributed by atoms with Gasteiger partial charge in [-0.2, -0.15) is 5.10 Å². The van der Waals surface area contributed by atoms with Crippen molar-refractivity contribution in [3.63, 3.8) is 0 Å². The average Bonchev–Trinajstić information content (AvgIpc) is 2.39. The van der Waals surface area contributed by atoms with Crippen molar-refractivity contribution in [2.75, 3.05) is 6.54 Å². The number of nitrogens with zero attached hydrogens (tertiary/aromatic N) is 1. The van der Waals surface area contributed by atoms with E-state index in [0.717, 1.165) is 5.56 Å². The summed E-state index contributed by atoms with van der Waals surface area (Å²) in [6, 6.07) is 0. The second kappa shape index (κ2) is 3.72. The van der Waals surface area contributed by atoms with Crippen LogP contribution in [0.4, 0.5) is 0 Å². The molecule has 1 heterocycles. The number of H-pyrrole nitrogens is 1. The van der Waals surface area contributed by atoms with E-state index in [9.17, 15) is 4.79 Å². The highest BCUT2D eigenvalue weighted by Gasteiger charge is 1.96. The second-order valence-corrected chi connectivity index (χ2v) is 2.10. The average molecular weight is 155 g/mol. The largest absolute Gasteiger partial charge is 0.480 e. The van der Waals surface area contributed by atoms with E-state index in [1.807, 2.05) is 0 Å². The van der Waals surface area contributed by atoms with E-state index in [1.54, 1.807) is 12.4 Å². The van der Waals surface area contributed by atoms with Crippen LogP contribution in [0.15, 0.2) is 12.4 Å². The summed E-state index contributed by atoms with van der Waals surface area (Å²) in [6.07, 6.45) is 3.36. The Bertz CT molecular complexity index is 220. The lowest BCUT2D eigenvalue weighted by Gasteiger charge is -1.96. The normalized spacial score (nSPS) is 9.82. The van der Waals surface area contributed by atoms with E-state index in [0.29, 0.717) is 6.54 Å². The Labute approximate surface area is 63.4 Å². The molecule has 5 heteroatoms. The van der Waals surface area contributed by atoms with Gasteiger partial charge >= 0.3 is 5.97 Å². The predicted molar refractivity (Wildman–Crippen MR) is 37.9 cm³/mol. The summed E-state index contributed by atoms with van der Waals surface area (Å²) in [5.74, 6) is -0.853. The van der Waals surface area contributed by atoms with Gasteiger partial charge in [0.25, 0.3) is 0 Å². The highest BCUT2D eigenvalue weighted by molar-refractivity contribution is 5.68. The molecule has 0 radical (unpaired) electrons. The lowest BCUT2D eigenvalue weighted by atomic mass is 10.3. The third-order valence-corrected chi connectivity index (χ3v) is 1.16. The van der Waals surface area contributed by atoms with Gasteiger partial charge in [-0.25, -0.2) is 0 Å². The zero-order valence-corrected chi connectivity index (χ0v) is 5.87. The van der Waals surface area contributed by atoms with Gasteiger partial charge in [-0.1, -0.05) is 0 Å². The molecular formula is C6H9N3O2. The molecule has 1 aromatic heterocycles. The van der Waals surface area contributed by atoms with Gasteiger partial charge in [-0.05, 0) is 0 Å². The van der Waals surface area contributed by atoms with Crippen LogP contribution in [0.1, 0.15) is 5.56 Å². The molecule has 0 saturated heterocycles. The minimum Gasteiger partial charge on any atom is -0.480 e. The van der Waals surface area contributed by atoms with Crippen LogP contribution in [-0.4, -0.2) is 27.8 Å². The first-order valence-corrected chi connectivity index (χ1v) is 3.19. The second-order valence-electron chi connectivity index (χ2n) is 2.10. The monoisotopic (exact) mass is 155 g/mol. The smallest absolute Gasteiger partial charge is 0.317 e. The van der Waals surface area contributed by atoms with Crippen LogP contribution in [0.2, 0.25) is 0 Å². The van der Waals surface area contributed by atoms with Gasteiger partial charge in [0.15, 0.2) is 0 Å². The van der Waals surface area contributed by atoms with Gasteiger partial charge in [0.05, 0.1) is 12.7 Å². The molecule has 11 heavy (non-hydrogen) atoms. The summed E-state index contributed by atoms with van der Waals surface area (Å²) in [5, 5.41) is 17.3. The standard InChI is InChI=1S/C6H9N3O2/c10-6(11)4-7-1-5-2-8-9-3-5/h2-3,7H,1,4H2,(H,8,9)(H,10,11). The Kier molecular flexibility index (Phi) is 2.62. The van der Waals surface area contributed by atoms with Gasteiger partial charge in [-0.15, -0.1) is 0 Å². The molecule has 1 rings (SSSR count). The van der Waals surface area contributed by atoms with E-state index >= 15 is 0 Å². The van der Waals surface area contributed by atoms with Crippen molar-refractivity contribution in [2.24, 2.45) is 0 Å². The molecule has 0 spiro atoms. The third-order valence-electron chi connectivity index (χ3n) is 1.16. The number of hydrogen-bond acceptors (Lipinski definition) is 3. The van der Waals surface area contributed by atoms with E-state index in [1.165, 1.54) is 0 Å². The number of carboxylic acid groups (broad SMARTS) is 1. The maximum atomic E-state index is 10.0. The number of aliphatic carboxylic acids is 1. The number of aromatic nitrogens is 2. The first kappa shape index (κ1) is 7.74. The van der Waals surface area contributed by atoms with Crippen LogP contribution in [0.3, 0.4) is 0 Å². The van der Waals surface area contributed by atoms with Gasteiger partial charge in [0, 0.05) is 18.3 Å². The maximum absolute atomic E-state index is 10.0. The summed E-state index contributed by atoms with van der Waals surface area (Å²) in [7, 11) is 0. The number of aromatic amines is 1. The number of rotatable bonds is 4. The minimum absolute atomic E-state index is 0.0226. The topological polar surface area (TPSA) is 78.0 Å². The van der Waals surface area contributed by atoms with Crippen molar-refractivity contribution in [1.29, 1.82) is 0 Å². The Morgan fingerprint density at radius 2 is 2.64 bits per heavy atom. The quantitative estimate of drug-likeness (QED) is 0.552. The number of carbonyl (C=O) groups is 1. The van der Waals surface area contributed by atoms with Crippen molar-refractivity contribution in [3.05, 3.63) is 18.0 Å². The molecule has 0 amide bonds. The summed E-state index contributed by atoms with van der Waals surface area (Å²) in [6.45, 7) is 0.508. The van der Waals surface area contributed by atoms with Gasteiger partial charge in [0.2, 0.25) is 0 Å². The van der Waals surface area contributed by atoms with Crippen molar-refractivity contribution in [1.82, 2.24) is 15.5 Å². The molecule has 0 aliphatic carbocycles. The fourth-order valence-electron chi connectivity index (χ4n) is 0.688. The first-order chi connectivity index (χ1) is 5.29. The highest BCUT2D eigenvalue weighted by atomic mass is 16.4. The summed E-state index contributed by atoms with van der Waals surface area (Å²) >= 11 is 0. The van der Waals surface area contributed by atoms with Crippen LogP contribution < -0.4 is 5.32 Å². The van der Waals surface area contributed by atoms with Crippen LogP contribution in [-0.2, 0) is 11.3 Å². The third kappa shape index (κ3) is 2.81. The highest BCUT2D eigenvalue weighted by Crippen LogP contribution is 1.90. The molecule has 0 saturated carbocycles. The maximum Gasteiger partial charge on any atom is 0.317 e. The predicted octanol–water partition coefficient (Wildman–Crippen LogP) is -0.416. The van der Waals surface area contributed by atoms with Crippen LogP contribution >= 0.6 is 0 Å². The van der Waals surface area contributed by atoms with Crippen molar-refractivity contribution in [2.45, 2.75) is 6.54 Å². The summed E-state index contributed by atoms with van der Waals surface area (Å²) in [4.78, 5) is 10.0. The van der Waals surface area contributed by atoms with Crippen molar-refractivity contribution in [3.8, 4) is 0 Å². The Hall–Kier alpha value is -1.36. The number of carboxylic acids is 1. The molecule has 0 atom stereocenters.